The van der Waals surface area contributed by atoms with Crippen molar-refractivity contribution >= 4 is 11.9 Å². The van der Waals surface area contributed by atoms with Crippen LogP contribution in [0.4, 0.5) is 0 Å². The highest BCUT2D eigenvalue weighted by molar-refractivity contribution is 5.79. The van der Waals surface area contributed by atoms with E-state index in [-0.39, 0.29) is 37.3 Å². The molecule has 4 fully saturated rings. The second kappa shape index (κ2) is 14.2. The molecule has 19 heteroatoms. The van der Waals surface area contributed by atoms with Gasteiger partial charge < -0.3 is 82.7 Å². The molecule has 5 aliphatic heterocycles. The predicted molar refractivity (Wildman–Crippen MR) is 172 cm³/mol. The van der Waals surface area contributed by atoms with E-state index in [0.717, 1.165) is 0 Å². The van der Waals surface area contributed by atoms with E-state index in [1.54, 1.807) is 31.2 Å². The van der Waals surface area contributed by atoms with Crippen LogP contribution in [0.5, 0.6) is 28.7 Å². The van der Waals surface area contributed by atoms with Gasteiger partial charge in [0.1, 0.15) is 42.7 Å². The molecule has 5 heterocycles. The van der Waals surface area contributed by atoms with Gasteiger partial charge in [0.25, 0.3) is 0 Å². The summed E-state index contributed by atoms with van der Waals surface area (Å²) in [5.41, 5.74) is 1.60. The first kappa shape index (κ1) is 36.9. The zero-order chi connectivity index (χ0) is 38.2. The molecule has 19 nitrogen and oxygen atoms in total. The molecular formula is C35H40O19. The smallest absolute Gasteiger partial charge is 0.335 e. The van der Waals surface area contributed by atoms with Crippen molar-refractivity contribution in [3.63, 3.8) is 0 Å². The van der Waals surface area contributed by atoms with E-state index in [4.69, 9.17) is 52.1 Å². The minimum Gasteiger partial charge on any atom is -0.493 e. The summed E-state index contributed by atoms with van der Waals surface area (Å²) in [5, 5.41) is 62.9. The normalized spacial score (nSPS) is 39.5. The Bertz CT molecular complexity index is 1740. The molecule has 54 heavy (non-hydrogen) atoms. The Morgan fingerprint density at radius 3 is 2.11 bits per heavy atom. The number of carboxylic acid groups (broad SMARTS) is 1. The molecule has 0 amide bonds. The fourth-order valence-corrected chi connectivity index (χ4v) is 8.10. The number of carboxylic acids is 1. The molecule has 2 aromatic carbocycles. The van der Waals surface area contributed by atoms with Gasteiger partial charge >= 0.3 is 11.9 Å². The van der Waals surface area contributed by atoms with Gasteiger partial charge in [0, 0.05) is 11.8 Å². The van der Waals surface area contributed by atoms with Gasteiger partial charge in [0.15, 0.2) is 41.7 Å². The third-order valence-electron chi connectivity index (χ3n) is 10.8. The Morgan fingerprint density at radius 2 is 1.44 bits per heavy atom. The van der Waals surface area contributed by atoms with Crippen LogP contribution in [-0.4, -0.2) is 145 Å². The number of aliphatic hydroxyl groups excluding tert-OH is 5. The maximum absolute atomic E-state index is 13.7. The largest absolute Gasteiger partial charge is 0.493 e. The SMILES string of the molecule is COc1cc([C@@H]2c3cc4c(cc3[C@@H](O[C@@H]3O[C@@H]5CO[C@H](C)O[C@@H]5[C@@H](O)[C@H]3O)[C@H]3COC(=O)[C@H]23)OCO4)cc(OC)c1O[C@@H]1O[C@H](C(=O)O)[C@@H](O)[C@H](O)[C@H]1O. The van der Waals surface area contributed by atoms with Crippen molar-refractivity contribution in [2.75, 3.05) is 34.2 Å². The Morgan fingerprint density at radius 1 is 0.778 bits per heavy atom. The minimum absolute atomic E-state index is 0.0183. The van der Waals surface area contributed by atoms with E-state index < -0.39 is 103 Å². The van der Waals surface area contributed by atoms with Crippen LogP contribution in [-0.2, 0) is 38.0 Å². The molecule has 0 radical (unpaired) electrons. The van der Waals surface area contributed by atoms with E-state index in [1.165, 1.54) is 14.2 Å². The highest BCUT2D eigenvalue weighted by atomic mass is 16.8. The van der Waals surface area contributed by atoms with Crippen LogP contribution in [0.15, 0.2) is 24.3 Å². The fraction of sp³-hybridized carbons (Fsp3) is 0.600. The van der Waals surface area contributed by atoms with Crippen molar-refractivity contribution in [1.29, 1.82) is 0 Å². The molecule has 6 aliphatic rings. The van der Waals surface area contributed by atoms with Gasteiger partial charge in [-0.3, -0.25) is 4.79 Å². The summed E-state index contributed by atoms with van der Waals surface area (Å²) in [6, 6.07) is 6.57. The lowest BCUT2D eigenvalue weighted by atomic mass is 9.66. The number of hydrogen-bond donors (Lipinski definition) is 6. The number of carbonyl (C=O) groups is 2. The monoisotopic (exact) mass is 764 g/mol. The van der Waals surface area contributed by atoms with Gasteiger partial charge in [-0.1, -0.05) is 0 Å². The molecule has 0 saturated carbocycles. The molecule has 2 aromatic rings. The number of carbonyl (C=O) groups excluding carboxylic acids is 1. The maximum Gasteiger partial charge on any atom is 0.335 e. The lowest BCUT2D eigenvalue weighted by molar-refractivity contribution is -0.364. The lowest BCUT2D eigenvalue weighted by Crippen LogP contribution is -2.63. The molecule has 1 aliphatic carbocycles. The van der Waals surface area contributed by atoms with Gasteiger partial charge in [0.2, 0.25) is 18.8 Å². The topological polar surface area (TPSA) is 257 Å². The minimum atomic E-state index is -1.94. The number of benzene rings is 2. The van der Waals surface area contributed by atoms with Crippen molar-refractivity contribution < 1.29 is 92.3 Å². The number of aliphatic carboxylic acids is 1. The maximum atomic E-state index is 13.7. The van der Waals surface area contributed by atoms with Crippen molar-refractivity contribution in [2.45, 2.75) is 86.6 Å². The lowest BCUT2D eigenvalue weighted by Gasteiger charge is -2.47. The first-order chi connectivity index (χ1) is 25.9. The average molecular weight is 765 g/mol. The number of cyclic esters (lactones) is 1. The summed E-state index contributed by atoms with van der Waals surface area (Å²) >= 11 is 0. The summed E-state index contributed by atoms with van der Waals surface area (Å²) in [6.07, 6.45) is -16.8. The van der Waals surface area contributed by atoms with Crippen LogP contribution in [0.3, 0.4) is 0 Å². The highest BCUT2D eigenvalue weighted by Gasteiger charge is 2.56. The van der Waals surface area contributed by atoms with E-state index in [1.807, 2.05) is 0 Å². The van der Waals surface area contributed by atoms with Crippen LogP contribution in [0.25, 0.3) is 0 Å². The van der Waals surface area contributed by atoms with Gasteiger partial charge in [-0.05, 0) is 47.9 Å². The highest BCUT2D eigenvalue weighted by Crippen LogP contribution is 2.57. The van der Waals surface area contributed by atoms with E-state index >= 15 is 0 Å². The van der Waals surface area contributed by atoms with Crippen molar-refractivity contribution in [3.8, 4) is 28.7 Å². The summed E-state index contributed by atoms with van der Waals surface area (Å²) in [5.74, 6) is -3.73. The molecule has 0 bridgehead atoms. The fourth-order valence-electron chi connectivity index (χ4n) is 8.10. The van der Waals surface area contributed by atoms with Gasteiger partial charge in [-0.15, -0.1) is 0 Å². The summed E-state index contributed by atoms with van der Waals surface area (Å²) < 4.78 is 63.5. The summed E-state index contributed by atoms with van der Waals surface area (Å²) in [7, 11) is 2.65. The summed E-state index contributed by atoms with van der Waals surface area (Å²) in [6.45, 7) is 1.64. The van der Waals surface area contributed by atoms with Crippen LogP contribution < -0.4 is 23.7 Å². The standard InChI is InChI=1S/C35H40O19/c1-11-46-9-20-30(50-11)25(38)27(40)34(51-20)52-28-14-7-17-16(48-10-49-17)6-13(14)21(22-15(28)8-47-33(22)43)12-4-18(44-2)29(19(5-12)45-3)53-35-26(39)23(36)24(37)31(54-35)32(41)42/h4-7,11,15,20-28,30-31,34-40H,8-10H2,1-3H3,(H,41,42)/t11-,15-,20+,21+,22-,23-,24-,25-,26+,27+,28+,30-,31-,34-,35+/m0/s1. The molecule has 0 spiro atoms. The third-order valence-corrected chi connectivity index (χ3v) is 10.8. The third kappa shape index (κ3) is 6.08. The van der Waals surface area contributed by atoms with Crippen LogP contribution >= 0.6 is 0 Å². The Kier molecular flexibility index (Phi) is 9.74. The molecule has 294 valence electrons. The molecular weight excluding hydrogens is 724 g/mol. The van der Waals surface area contributed by atoms with Crippen LogP contribution in [0.1, 0.15) is 35.6 Å². The van der Waals surface area contributed by atoms with Gasteiger partial charge in [0.05, 0.1) is 39.5 Å². The van der Waals surface area contributed by atoms with Crippen molar-refractivity contribution in [1.82, 2.24) is 0 Å². The van der Waals surface area contributed by atoms with Crippen molar-refractivity contribution in [3.05, 3.63) is 41.0 Å². The average Bonchev–Trinajstić information content (AvgIpc) is 3.79. The molecule has 6 N–H and O–H groups in total. The van der Waals surface area contributed by atoms with Crippen LogP contribution in [0.2, 0.25) is 0 Å². The second-order valence-electron chi connectivity index (χ2n) is 13.8. The molecule has 15 atom stereocenters. The number of esters is 1. The molecule has 0 unspecified atom stereocenters. The van der Waals surface area contributed by atoms with Crippen molar-refractivity contribution in [2.24, 2.45) is 11.8 Å². The molecule has 0 aromatic heterocycles. The first-order valence-electron chi connectivity index (χ1n) is 17.3. The summed E-state index contributed by atoms with van der Waals surface area (Å²) in [4.78, 5) is 25.4. The first-order valence-corrected chi connectivity index (χ1v) is 17.3. The molecule has 8 rings (SSSR count). The number of hydrogen-bond acceptors (Lipinski definition) is 18. The van der Waals surface area contributed by atoms with Gasteiger partial charge in [-0.2, -0.15) is 0 Å². The van der Waals surface area contributed by atoms with E-state index in [9.17, 15) is 40.2 Å². The number of aliphatic hydroxyl groups is 5. The number of fused-ring (bicyclic) bond motifs is 4. The zero-order valence-corrected chi connectivity index (χ0v) is 29.1. The van der Waals surface area contributed by atoms with E-state index in [2.05, 4.69) is 0 Å². The Hall–Kier alpha value is -4.02. The van der Waals surface area contributed by atoms with Crippen LogP contribution in [0, 0.1) is 11.8 Å². The van der Waals surface area contributed by atoms with Gasteiger partial charge in [-0.25, -0.2) is 4.79 Å². The van der Waals surface area contributed by atoms with E-state index in [0.29, 0.717) is 28.2 Å². The number of ether oxygens (including phenoxy) is 11. The Labute approximate surface area is 306 Å². The Balaban J connectivity index is 1.17. The number of methoxy groups -OCH3 is 2. The quantitative estimate of drug-likeness (QED) is 0.175. The number of rotatable bonds is 8. The molecule has 4 saturated heterocycles. The second-order valence-corrected chi connectivity index (χ2v) is 13.8. The predicted octanol–water partition coefficient (Wildman–Crippen LogP) is -1.10. The zero-order valence-electron chi connectivity index (χ0n) is 29.1.